The summed E-state index contributed by atoms with van der Waals surface area (Å²) >= 11 is 0. The number of benzene rings is 1. The van der Waals surface area contributed by atoms with Crippen LogP contribution >= 0.6 is 0 Å². The summed E-state index contributed by atoms with van der Waals surface area (Å²) in [5.41, 5.74) is 6.10. The van der Waals surface area contributed by atoms with Crippen LogP contribution in [0.1, 0.15) is 12.5 Å². The molecule has 6 nitrogen and oxygen atoms in total. The lowest BCUT2D eigenvalue weighted by Gasteiger charge is -2.18. The van der Waals surface area contributed by atoms with Crippen LogP contribution in [0, 0.1) is 0 Å². The number of hydrogen-bond donors (Lipinski definition) is 3. The molecule has 0 fully saturated rings. The van der Waals surface area contributed by atoms with Crippen molar-refractivity contribution in [3.05, 3.63) is 29.8 Å². The van der Waals surface area contributed by atoms with Crippen LogP contribution in [0.15, 0.2) is 29.4 Å². The Kier molecular flexibility index (Phi) is 6.11. The van der Waals surface area contributed by atoms with Gasteiger partial charge in [-0.2, -0.15) is 0 Å². The average Bonchev–Trinajstić information content (AvgIpc) is 2.37. The van der Waals surface area contributed by atoms with Gasteiger partial charge < -0.3 is 25.7 Å². The van der Waals surface area contributed by atoms with Gasteiger partial charge in [0.2, 0.25) is 0 Å². The van der Waals surface area contributed by atoms with E-state index in [-0.39, 0.29) is 11.9 Å². The first kappa shape index (κ1) is 15.3. The molecule has 1 aromatic carbocycles. The summed E-state index contributed by atoms with van der Waals surface area (Å²) in [5, 5.41) is 20.7. The first-order valence-corrected chi connectivity index (χ1v) is 6.10. The Morgan fingerprint density at radius 3 is 2.58 bits per heavy atom. The summed E-state index contributed by atoms with van der Waals surface area (Å²) in [6.07, 6.45) is -0.343. The van der Waals surface area contributed by atoms with Gasteiger partial charge in [0.1, 0.15) is 12.4 Å². The molecule has 0 aromatic heterocycles. The van der Waals surface area contributed by atoms with Crippen molar-refractivity contribution in [1.82, 2.24) is 4.90 Å². The summed E-state index contributed by atoms with van der Waals surface area (Å²) < 4.78 is 5.56. The van der Waals surface area contributed by atoms with Crippen molar-refractivity contribution in [2.75, 3.05) is 26.7 Å². The van der Waals surface area contributed by atoms with Crippen molar-refractivity contribution in [3.63, 3.8) is 0 Å². The number of aliphatic hydroxyl groups is 1. The lowest BCUT2D eigenvalue weighted by molar-refractivity contribution is 0.131. The Morgan fingerprint density at radius 1 is 1.42 bits per heavy atom. The minimum atomic E-state index is -0.343. The molecule has 1 rings (SSSR count). The number of amidine groups is 1. The predicted octanol–water partition coefficient (Wildman–Crippen LogP) is 0.473. The first-order chi connectivity index (χ1) is 9.02. The molecule has 1 aromatic rings. The van der Waals surface area contributed by atoms with Crippen molar-refractivity contribution >= 4 is 5.84 Å². The standard InChI is InChI=1S/C13H21N3O3/c1-10(17)9-16(2)7-8-19-12-5-3-11(4-6-12)13(14)15-18/h3-6,10,17-18H,7-9H2,1-2H3,(H2,14,15). The van der Waals surface area contributed by atoms with Crippen molar-refractivity contribution < 1.29 is 15.1 Å². The highest BCUT2D eigenvalue weighted by molar-refractivity contribution is 5.97. The minimum Gasteiger partial charge on any atom is -0.492 e. The zero-order valence-electron chi connectivity index (χ0n) is 11.3. The number of oxime groups is 1. The fourth-order valence-electron chi connectivity index (χ4n) is 1.64. The second-order valence-electron chi connectivity index (χ2n) is 4.47. The van der Waals surface area contributed by atoms with Crippen LogP contribution in [-0.4, -0.2) is 53.9 Å². The summed E-state index contributed by atoms with van der Waals surface area (Å²) in [4.78, 5) is 2.00. The Labute approximate surface area is 113 Å². The third-order valence-corrected chi connectivity index (χ3v) is 2.58. The van der Waals surface area contributed by atoms with Crippen LogP contribution in [0.4, 0.5) is 0 Å². The smallest absolute Gasteiger partial charge is 0.170 e. The lowest BCUT2D eigenvalue weighted by Crippen LogP contribution is -2.30. The number of hydrogen-bond acceptors (Lipinski definition) is 5. The quantitative estimate of drug-likeness (QED) is 0.289. The zero-order valence-corrected chi connectivity index (χ0v) is 11.3. The molecule has 0 saturated carbocycles. The number of nitrogens with two attached hydrogens (primary N) is 1. The van der Waals surface area contributed by atoms with Gasteiger partial charge in [-0.15, -0.1) is 0 Å². The van der Waals surface area contributed by atoms with Crippen molar-refractivity contribution in [1.29, 1.82) is 0 Å². The van der Waals surface area contributed by atoms with Crippen molar-refractivity contribution in [2.45, 2.75) is 13.0 Å². The van der Waals surface area contributed by atoms with Crippen molar-refractivity contribution in [3.8, 4) is 5.75 Å². The van der Waals surface area contributed by atoms with Gasteiger partial charge in [-0.05, 0) is 38.2 Å². The van der Waals surface area contributed by atoms with E-state index in [9.17, 15) is 5.11 Å². The molecule has 0 aliphatic heterocycles. The fraction of sp³-hybridized carbons (Fsp3) is 0.462. The fourth-order valence-corrected chi connectivity index (χ4v) is 1.64. The largest absolute Gasteiger partial charge is 0.492 e. The molecule has 19 heavy (non-hydrogen) atoms. The first-order valence-electron chi connectivity index (χ1n) is 6.10. The maximum absolute atomic E-state index is 9.22. The average molecular weight is 267 g/mol. The topological polar surface area (TPSA) is 91.3 Å². The molecule has 0 radical (unpaired) electrons. The van der Waals surface area contributed by atoms with Gasteiger partial charge in [-0.25, -0.2) is 0 Å². The SMILES string of the molecule is CC(O)CN(C)CCOc1ccc(/C(N)=N/O)cc1. The summed E-state index contributed by atoms with van der Waals surface area (Å²) in [6, 6.07) is 6.98. The maximum Gasteiger partial charge on any atom is 0.170 e. The molecule has 1 atom stereocenters. The third-order valence-electron chi connectivity index (χ3n) is 2.58. The summed E-state index contributed by atoms with van der Waals surface area (Å²) in [6.45, 7) is 3.63. The molecule has 0 aliphatic carbocycles. The molecule has 0 saturated heterocycles. The van der Waals surface area contributed by atoms with E-state index in [2.05, 4.69) is 5.16 Å². The van der Waals surface area contributed by atoms with Gasteiger partial charge >= 0.3 is 0 Å². The molecule has 6 heteroatoms. The number of aliphatic hydroxyl groups excluding tert-OH is 1. The predicted molar refractivity (Wildman–Crippen MR) is 73.6 cm³/mol. The monoisotopic (exact) mass is 267 g/mol. The van der Waals surface area contributed by atoms with Gasteiger partial charge in [0, 0.05) is 18.7 Å². The minimum absolute atomic E-state index is 0.0724. The van der Waals surface area contributed by atoms with Crippen LogP contribution in [-0.2, 0) is 0 Å². The van der Waals surface area contributed by atoms with E-state index in [1.807, 2.05) is 11.9 Å². The molecule has 0 heterocycles. The molecule has 1 unspecified atom stereocenters. The molecule has 0 bridgehead atoms. The Balaban J connectivity index is 2.38. The van der Waals surface area contributed by atoms with E-state index >= 15 is 0 Å². The number of rotatable bonds is 7. The third kappa shape index (κ3) is 5.58. The molecule has 4 N–H and O–H groups in total. The van der Waals surface area contributed by atoms with Gasteiger partial charge in [0.15, 0.2) is 5.84 Å². The van der Waals surface area contributed by atoms with E-state index in [4.69, 9.17) is 15.7 Å². The number of nitrogens with zero attached hydrogens (tertiary/aromatic N) is 2. The van der Waals surface area contributed by atoms with E-state index in [1.165, 1.54) is 0 Å². The maximum atomic E-state index is 9.22. The summed E-state index contributed by atoms with van der Waals surface area (Å²) in [5.74, 6) is 0.795. The van der Waals surface area contributed by atoms with E-state index in [0.29, 0.717) is 18.7 Å². The molecule has 0 aliphatic rings. The highest BCUT2D eigenvalue weighted by Gasteiger charge is 2.03. The Bertz CT molecular complexity index is 404. The number of likely N-dealkylation sites (N-methyl/N-ethyl adjacent to an activating group) is 1. The van der Waals surface area contributed by atoms with Crippen LogP contribution in [0.5, 0.6) is 5.75 Å². The van der Waals surface area contributed by atoms with E-state index in [0.717, 1.165) is 12.3 Å². The highest BCUT2D eigenvalue weighted by atomic mass is 16.5. The van der Waals surface area contributed by atoms with Gasteiger partial charge in [-0.3, -0.25) is 0 Å². The van der Waals surface area contributed by atoms with Gasteiger partial charge in [0.25, 0.3) is 0 Å². The number of ether oxygens (including phenoxy) is 1. The van der Waals surface area contributed by atoms with Crippen LogP contribution in [0.2, 0.25) is 0 Å². The van der Waals surface area contributed by atoms with E-state index < -0.39 is 0 Å². The molecular formula is C13H21N3O3. The highest BCUT2D eigenvalue weighted by Crippen LogP contribution is 2.11. The molecule has 0 spiro atoms. The van der Waals surface area contributed by atoms with Gasteiger partial charge in [0.05, 0.1) is 6.10 Å². The zero-order chi connectivity index (χ0) is 14.3. The summed E-state index contributed by atoms with van der Waals surface area (Å²) in [7, 11) is 1.93. The van der Waals surface area contributed by atoms with Crippen molar-refractivity contribution in [2.24, 2.45) is 10.9 Å². The Morgan fingerprint density at radius 2 is 2.05 bits per heavy atom. The lowest BCUT2D eigenvalue weighted by atomic mass is 10.2. The molecule has 0 amide bonds. The second kappa shape index (κ2) is 7.60. The van der Waals surface area contributed by atoms with Gasteiger partial charge in [-0.1, -0.05) is 5.16 Å². The van der Waals surface area contributed by atoms with Crippen LogP contribution in [0.3, 0.4) is 0 Å². The van der Waals surface area contributed by atoms with E-state index in [1.54, 1.807) is 31.2 Å². The Hall–Kier alpha value is -1.79. The van der Waals surface area contributed by atoms with Crippen LogP contribution in [0.25, 0.3) is 0 Å². The second-order valence-corrected chi connectivity index (χ2v) is 4.47. The van der Waals surface area contributed by atoms with Crippen LogP contribution < -0.4 is 10.5 Å². The molecule has 106 valence electrons. The molecular weight excluding hydrogens is 246 g/mol. The normalized spacial score (nSPS) is 13.6.